The number of nitrogens with zero attached hydrogens (tertiary/aromatic N) is 1. The van der Waals surface area contributed by atoms with Crippen LogP contribution in [0.2, 0.25) is 0 Å². The van der Waals surface area contributed by atoms with Crippen molar-refractivity contribution in [2.24, 2.45) is 0 Å². The third-order valence-electron chi connectivity index (χ3n) is 4.33. The van der Waals surface area contributed by atoms with Gasteiger partial charge in [-0.25, -0.2) is 8.42 Å². The van der Waals surface area contributed by atoms with Gasteiger partial charge in [-0.1, -0.05) is 30.3 Å². The number of benzene rings is 2. The van der Waals surface area contributed by atoms with Gasteiger partial charge in [0.25, 0.3) is 15.9 Å². The maximum Gasteiger partial charge on any atom is 0.265 e. The number of carbonyl (C=O) groups excluding carboxylic acids is 1. The third kappa shape index (κ3) is 5.18. The molecule has 2 aromatic carbocycles. The predicted molar refractivity (Wildman–Crippen MR) is 113 cm³/mol. The van der Waals surface area contributed by atoms with E-state index in [1.807, 2.05) is 38.1 Å². The van der Waals surface area contributed by atoms with Gasteiger partial charge < -0.3 is 14.6 Å². The molecule has 0 saturated heterocycles. The molecule has 0 fully saturated rings. The van der Waals surface area contributed by atoms with Gasteiger partial charge in [-0.05, 0) is 56.2 Å². The van der Waals surface area contributed by atoms with Gasteiger partial charge in [-0.2, -0.15) is 0 Å². The second kappa shape index (κ2) is 9.00. The molecule has 9 heteroatoms. The number of amides is 1. The molecule has 0 saturated carbocycles. The summed E-state index contributed by atoms with van der Waals surface area (Å²) in [5.74, 6) is 0.927. The first kappa shape index (κ1) is 21.4. The van der Waals surface area contributed by atoms with Gasteiger partial charge in [0.2, 0.25) is 0 Å². The molecule has 3 rings (SSSR count). The van der Waals surface area contributed by atoms with Gasteiger partial charge >= 0.3 is 0 Å². The van der Waals surface area contributed by atoms with E-state index in [0.717, 1.165) is 5.56 Å². The minimum absolute atomic E-state index is 0.0318. The standard InChI is InChI=1S/C21H23N3O5S/c1-4-18(28-19-8-6-5-7-14(19)2)21(25)22-16-9-11-17(12-10-16)30(26,27)24-20-13-15(3)29-23-20/h5-13,18H,4H2,1-3H3,(H,22,25)(H,23,24)/t18-/m0/s1. The number of aryl methyl sites for hydroxylation is 2. The highest BCUT2D eigenvalue weighted by atomic mass is 32.2. The van der Waals surface area contributed by atoms with Crippen molar-refractivity contribution in [3.63, 3.8) is 0 Å². The lowest BCUT2D eigenvalue weighted by Gasteiger charge is -2.18. The first-order valence-corrected chi connectivity index (χ1v) is 10.9. The zero-order valence-corrected chi connectivity index (χ0v) is 17.7. The number of ether oxygens (including phenoxy) is 1. The Balaban J connectivity index is 1.66. The number of hydrogen-bond donors (Lipinski definition) is 2. The second-order valence-corrected chi connectivity index (χ2v) is 8.40. The van der Waals surface area contributed by atoms with E-state index in [4.69, 9.17) is 9.26 Å². The quantitative estimate of drug-likeness (QED) is 0.562. The zero-order chi connectivity index (χ0) is 21.7. The number of nitrogens with one attached hydrogen (secondary N) is 2. The lowest BCUT2D eigenvalue weighted by molar-refractivity contribution is -0.122. The number of para-hydroxylation sites is 1. The Hall–Kier alpha value is -3.33. The number of aromatic nitrogens is 1. The van der Waals surface area contributed by atoms with E-state index in [-0.39, 0.29) is 16.6 Å². The fourth-order valence-corrected chi connectivity index (χ4v) is 3.70. The summed E-state index contributed by atoms with van der Waals surface area (Å²) in [4.78, 5) is 12.6. The van der Waals surface area contributed by atoms with Crippen LogP contribution in [0.15, 0.2) is 64.0 Å². The maximum atomic E-state index is 12.6. The Kier molecular flexibility index (Phi) is 6.41. The molecule has 0 aliphatic carbocycles. The Morgan fingerprint density at radius 1 is 1.13 bits per heavy atom. The van der Waals surface area contributed by atoms with Crippen LogP contribution < -0.4 is 14.8 Å². The van der Waals surface area contributed by atoms with Crippen LogP contribution in [0.1, 0.15) is 24.7 Å². The molecule has 1 aromatic heterocycles. The molecule has 0 aliphatic heterocycles. The van der Waals surface area contributed by atoms with Crippen molar-refractivity contribution in [1.29, 1.82) is 0 Å². The Labute approximate surface area is 175 Å². The highest BCUT2D eigenvalue weighted by molar-refractivity contribution is 7.92. The number of hydrogen-bond acceptors (Lipinski definition) is 6. The van der Waals surface area contributed by atoms with Crippen LogP contribution in [-0.4, -0.2) is 25.6 Å². The number of sulfonamides is 1. The Morgan fingerprint density at radius 2 is 1.83 bits per heavy atom. The molecule has 0 unspecified atom stereocenters. The molecule has 0 bridgehead atoms. The molecule has 1 amide bonds. The summed E-state index contributed by atoms with van der Waals surface area (Å²) in [6.07, 6.45) is -0.195. The highest BCUT2D eigenvalue weighted by Gasteiger charge is 2.20. The van der Waals surface area contributed by atoms with Crippen LogP contribution in [0.4, 0.5) is 11.5 Å². The van der Waals surface area contributed by atoms with E-state index >= 15 is 0 Å². The highest BCUT2D eigenvalue weighted by Crippen LogP contribution is 2.21. The lowest BCUT2D eigenvalue weighted by Crippen LogP contribution is -2.32. The van der Waals surface area contributed by atoms with Crippen molar-refractivity contribution in [2.75, 3.05) is 10.0 Å². The topological polar surface area (TPSA) is 111 Å². The van der Waals surface area contributed by atoms with Crippen molar-refractivity contribution < 1.29 is 22.5 Å². The minimum atomic E-state index is -3.82. The van der Waals surface area contributed by atoms with E-state index in [9.17, 15) is 13.2 Å². The van der Waals surface area contributed by atoms with E-state index in [1.54, 1.807) is 6.92 Å². The van der Waals surface area contributed by atoms with Crippen molar-refractivity contribution in [3.05, 3.63) is 65.9 Å². The van der Waals surface area contributed by atoms with Crippen LogP contribution >= 0.6 is 0 Å². The Morgan fingerprint density at radius 3 is 2.43 bits per heavy atom. The molecular formula is C21H23N3O5S. The first-order chi connectivity index (χ1) is 14.3. The van der Waals surface area contributed by atoms with Crippen molar-refractivity contribution >= 4 is 27.4 Å². The fraction of sp³-hybridized carbons (Fsp3) is 0.238. The van der Waals surface area contributed by atoms with Crippen LogP contribution in [0, 0.1) is 13.8 Å². The van der Waals surface area contributed by atoms with Crippen molar-refractivity contribution in [3.8, 4) is 5.75 Å². The summed E-state index contributed by atoms with van der Waals surface area (Å²) in [5.41, 5.74) is 1.40. The molecule has 8 nitrogen and oxygen atoms in total. The summed E-state index contributed by atoms with van der Waals surface area (Å²) in [6, 6.07) is 14.8. The molecule has 1 heterocycles. The van der Waals surface area contributed by atoms with Crippen LogP contribution in [0.3, 0.4) is 0 Å². The van der Waals surface area contributed by atoms with E-state index < -0.39 is 16.1 Å². The van der Waals surface area contributed by atoms with Crippen molar-refractivity contribution in [2.45, 2.75) is 38.2 Å². The van der Waals surface area contributed by atoms with Crippen LogP contribution in [0.5, 0.6) is 5.75 Å². The zero-order valence-electron chi connectivity index (χ0n) is 16.9. The van der Waals surface area contributed by atoms with Gasteiger partial charge in [0.05, 0.1) is 4.90 Å². The van der Waals surface area contributed by atoms with E-state index in [0.29, 0.717) is 23.6 Å². The summed E-state index contributed by atoms with van der Waals surface area (Å²) in [7, 11) is -3.82. The molecule has 30 heavy (non-hydrogen) atoms. The molecule has 158 valence electrons. The normalized spacial score (nSPS) is 12.2. The minimum Gasteiger partial charge on any atom is -0.480 e. The summed E-state index contributed by atoms with van der Waals surface area (Å²) in [5, 5.41) is 6.37. The molecule has 0 radical (unpaired) electrons. The fourth-order valence-electron chi connectivity index (χ4n) is 2.72. The summed E-state index contributed by atoms with van der Waals surface area (Å²) in [6.45, 7) is 5.43. The molecular weight excluding hydrogens is 406 g/mol. The van der Waals surface area contributed by atoms with Gasteiger partial charge in [0.15, 0.2) is 11.9 Å². The molecule has 1 atom stereocenters. The average molecular weight is 429 g/mol. The van der Waals surface area contributed by atoms with Gasteiger partial charge in [0.1, 0.15) is 11.5 Å². The summed E-state index contributed by atoms with van der Waals surface area (Å²) >= 11 is 0. The van der Waals surface area contributed by atoms with Crippen molar-refractivity contribution in [1.82, 2.24) is 5.16 Å². The van der Waals surface area contributed by atoms with Gasteiger partial charge in [0, 0.05) is 11.8 Å². The number of carbonyl (C=O) groups is 1. The number of anilines is 2. The Bertz CT molecular complexity index is 1120. The lowest BCUT2D eigenvalue weighted by atomic mass is 10.2. The predicted octanol–water partition coefficient (Wildman–Crippen LogP) is 3.89. The average Bonchev–Trinajstić information content (AvgIpc) is 3.11. The smallest absolute Gasteiger partial charge is 0.265 e. The van der Waals surface area contributed by atoms with E-state index in [2.05, 4.69) is 15.2 Å². The third-order valence-corrected chi connectivity index (χ3v) is 5.70. The molecule has 2 N–H and O–H groups in total. The maximum absolute atomic E-state index is 12.6. The van der Waals surface area contributed by atoms with Crippen LogP contribution in [-0.2, 0) is 14.8 Å². The molecule has 0 spiro atoms. The van der Waals surface area contributed by atoms with Gasteiger partial charge in [-0.3, -0.25) is 9.52 Å². The molecule has 0 aliphatic rings. The first-order valence-electron chi connectivity index (χ1n) is 9.38. The van der Waals surface area contributed by atoms with E-state index in [1.165, 1.54) is 30.3 Å². The molecule has 3 aromatic rings. The number of rotatable bonds is 8. The van der Waals surface area contributed by atoms with Crippen LogP contribution in [0.25, 0.3) is 0 Å². The summed E-state index contributed by atoms with van der Waals surface area (Å²) < 4.78 is 37.9. The second-order valence-electron chi connectivity index (χ2n) is 6.72. The largest absolute Gasteiger partial charge is 0.480 e. The van der Waals surface area contributed by atoms with Gasteiger partial charge in [-0.15, -0.1) is 0 Å². The SMILES string of the molecule is CC[C@H](Oc1ccccc1C)C(=O)Nc1ccc(S(=O)(=O)Nc2cc(C)on2)cc1. The monoisotopic (exact) mass is 429 g/mol.